The molecule has 3 aromatic heterocycles. The first-order chi connectivity index (χ1) is 18.0. The molecule has 0 aliphatic heterocycles. The summed E-state index contributed by atoms with van der Waals surface area (Å²) in [5.74, 6) is -0.224. The Hall–Kier alpha value is -5.00. The molecule has 0 bridgehead atoms. The maximum absolute atomic E-state index is 13.0. The highest BCUT2D eigenvalue weighted by molar-refractivity contribution is 5.97. The fourth-order valence-electron chi connectivity index (χ4n) is 4.43. The van der Waals surface area contributed by atoms with Gasteiger partial charge in [0.25, 0.3) is 11.8 Å². The Morgan fingerprint density at radius 3 is 2.78 bits per heavy atom. The number of tetrazole rings is 1. The summed E-state index contributed by atoms with van der Waals surface area (Å²) in [6.45, 7) is 0.270. The molecular formula is C25H21N9O3. The number of nitrogens with one attached hydrogen (secondary N) is 2. The van der Waals surface area contributed by atoms with Crippen LogP contribution in [0.3, 0.4) is 0 Å². The van der Waals surface area contributed by atoms with Gasteiger partial charge in [-0.05, 0) is 52.9 Å². The number of carbonyl (C=O) groups excluding carboxylic acids is 2. The maximum Gasteiger partial charge on any atom is 0.270 e. The summed E-state index contributed by atoms with van der Waals surface area (Å²) in [6.07, 6.45) is 4.41. The predicted molar refractivity (Wildman–Crippen MR) is 130 cm³/mol. The molecule has 0 unspecified atom stereocenters. The van der Waals surface area contributed by atoms with Crippen LogP contribution in [0.25, 0.3) is 22.4 Å². The van der Waals surface area contributed by atoms with Crippen molar-refractivity contribution in [1.29, 1.82) is 0 Å². The van der Waals surface area contributed by atoms with Gasteiger partial charge < -0.3 is 15.2 Å². The minimum absolute atomic E-state index is 0.105. The van der Waals surface area contributed by atoms with E-state index in [2.05, 4.69) is 41.2 Å². The average molecular weight is 496 g/mol. The van der Waals surface area contributed by atoms with Crippen molar-refractivity contribution in [2.45, 2.75) is 25.4 Å². The van der Waals surface area contributed by atoms with Gasteiger partial charge in [-0.3, -0.25) is 9.59 Å². The summed E-state index contributed by atoms with van der Waals surface area (Å²) in [6, 6.07) is 12.7. The van der Waals surface area contributed by atoms with Gasteiger partial charge in [0.05, 0.1) is 19.3 Å². The average Bonchev–Trinajstić information content (AvgIpc) is 3.67. The van der Waals surface area contributed by atoms with Crippen molar-refractivity contribution in [2.24, 2.45) is 7.05 Å². The van der Waals surface area contributed by atoms with E-state index in [1.807, 2.05) is 36.4 Å². The number of carbonyl (C=O) groups is 2. The molecule has 12 nitrogen and oxygen atoms in total. The molecule has 6 rings (SSSR count). The van der Waals surface area contributed by atoms with Gasteiger partial charge in [0.2, 0.25) is 5.82 Å². The SMILES string of the molecule is Cn1nnc(-c2ccc3c(c2)CC[C@@H]3NC(=O)c2cc(C(=O)NCc3ccc4cnoc4c3)ncn2)n1. The van der Waals surface area contributed by atoms with E-state index < -0.39 is 5.91 Å². The number of aromatic nitrogens is 7. The summed E-state index contributed by atoms with van der Waals surface area (Å²) < 4.78 is 5.16. The number of aryl methyl sites for hydroxylation is 2. The second-order valence-electron chi connectivity index (χ2n) is 8.75. The maximum atomic E-state index is 13.0. The normalized spacial score (nSPS) is 14.5. The first kappa shape index (κ1) is 22.5. The summed E-state index contributed by atoms with van der Waals surface area (Å²) >= 11 is 0. The Bertz CT molecular complexity index is 1640. The summed E-state index contributed by atoms with van der Waals surface area (Å²) in [5, 5.41) is 22.7. The van der Waals surface area contributed by atoms with E-state index in [-0.39, 0.29) is 29.9 Å². The van der Waals surface area contributed by atoms with E-state index >= 15 is 0 Å². The first-order valence-electron chi connectivity index (χ1n) is 11.6. The lowest BCUT2D eigenvalue weighted by Gasteiger charge is -2.14. The van der Waals surface area contributed by atoms with Crippen molar-refractivity contribution < 1.29 is 14.1 Å². The molecule has 184 valence electrons. The van der Waals surface area contributed by atoms with Crippen LogP contribution in [0.15, 0.2) is 59.5 Å². The van der Waals surface area contributed by atoms with Gasteiger partial charge in [-0.15, -0.1) is 10.2 Å². The molecule has 2 amide bonds. The Morgan fingerprint density at radius 2 is 1.95 bits per heavy atom. The second kappa shape index (κ2) is 9.22. The van der Waals surface area contributed by atoms with Gasteiger partial charge in [-0.2, -0.15) is 4.80 Å². The number of nitrogens with zero attached hydrogens (tertiary/aromatic N) is 7. The van der Waals surface area contributed by atoms with E-state index in [1.165, 1.54) is 17.2 Å². The number of rotatable bonds is 6. The van der Waals surface area contributed by atoms with Crippen LogP contribution >= 0.6 is 0 Å². The topological polar surface area (TPSA) is 154 Å². The lowest BCUT2D eigenvalue weighted by molar-refractivity contribution is 0.0931. The van der Waals surface area contributed by atoms with Crippen LogP contribution in [0.1, 0.15) is 50.1 Å². The monoisotopic (exact) mass is 495 g/mol. The number of hydrogen-bond donors (Lipinski definition) is 2. The van der Waals surface area contributed by atoms with Crippen LogP contribution in [0.4, 0.5) is 0 Å². The molecule has 37 heavy (non-hydrogen) atoms. The molecule has 0 saturated heterocycles. The van der Waals surface area contributed by atoms with Gasteiger partial charge in [0.15, 0.2) is 5.58 Å². The lowest BCUT2D eigenvalue weighted by atomic mass is 10.0. The van der Waals surface area contributed by atoms with E-state index in [0.717, 1.165) is 40.5 Å². The van der Waals surface area contributed by atoms with Crippen molar-refractivity contribution in [3.8, 4) is 11.4 Å². The largest absolute Gasteiger partial charge is 0.356 e. The van der Waals surface area contributed by atoms with Crippen LogP contribution in [0.2, 0.25) is 0 Å². The van der Waals surface area contributed by atoms with E-state index in [9.17, 15) is 9.59 Å². The molecule has 1 atom stereocenters. The molecule has 0 saturated carbocycles. The third-order valence-corrected chi connectivity index (χ3v) is 6.30. The van der Waals surface area contributed by atoms with E-state index in [0.29, 0.717) is 11.4 Å². The highest BCUT2D eigenvalue weighted by Gasteiger charge is 2.26. The zero-order valence-corrected chi connectivity index (χ0v) is 19.8. The van der Waals surface area contributed by atoms with Gasteiger partial charge in [0, 0.05) is 23.6 Å². The third kappa shape index (κ3) is 4.51. The van der Waals surface area contributed by atoms with Crippen molar-refractivity contribution in [2.75, 3.05) is 0 Å². The van der Waals surface area contributed by atoms with Gasteiger partial charge in [0.1, 0.15) is 17.7 Å². The molecule has 0 fully saturated rings. The van der Waals surface area contributed by atoms with Gasteiger partial charge in [-0.1, -0.05) is 23.4 Å². The lowest BCUT2D eigenvalue weighted by Crippen LogP contribution is -2.29. The fraction of sp³-hybridized carbons (Fsp3) is 0.200. The van der Waals surface area contributed by atoms with Crippen LogP contribution in [0, 0.1) is 0 Å². The Balaban J connectivity index is 1.11. The second-order valence-corrected chi connectivity index (χ2v) is 8.75. The fourth-order valence-corrected chi connectivity index (χ4v) is 4.43. The Labute approximate surface area is 210 Å². The predicted octanol–water partition coefficient (Wildman–Crippen LogP) is 2.16. The molecule has 1 aliphatic rings. The molecule has 0 radical (unpaired) electrons. The number of amides is 2. The smallest absolute Gasteiger partial charge is 0.270 e. The van der Waals surface area contributed by atoms with Crippen molar-refractivity contribution in [3.05, 3.63) is 83.1 Å². The van der Waals surface area contributed by atoms with Gasteiger partial charge in [-0.25, -0.2) is 9.97 Å². The molecular weight excluding hydrogens is 474 g/mol. The molecule has 0 spiro atoms. The molecule has 2 aromatic carbocycles. The zero-order chi connectivity index (χ0) is 25.4. The highest BCUT2D eigenvalue weighted by atomic mass is 16.5. The number of hydrogen-bond acceptors (Lipinski definition) is 9. The van der Waals surface area contributed by atoms with E-state index in [1.54, 1.807) is 13.2 Å². The quantitative estimate of drug-likeness (QED) is 0.361. The minimum atomic E-state index is -0.412. The van der Waals surface area contributed by atoms with E-state index in [4.69, 9.17) is 4.52 Å². The summed E-state index contributed by atoms with van der Waals surface area (Å²) in [7, 11) is 1.72. The molecule has 12 heteroatoms. The van der Waals surface area contributed by atoms with Gasteiger partial charge >= 0.3 is 0 Å². The number of fused-ring (bicyclic) bond motifs is 2. The summed E-state index contributed by atoms with van der Waals surface area (Å²) in [4.78, 5) is 35.2. The van der Waals surface area contributed by atoms with Crippen LogP contribution in [-0.4, -0.2) is 47.1 Å². The van der Waals surface area contributed by atoms with Crippen LogP contribution in [0.5, 0.6) is 0 Å². The first-order valence-corrected chi connectivity index (χ1v) is 11.6. The molecule has 3 heterocycles. The van der Waals surface area contributed by atoms with Crippen LogP contribution < -0.4 is 10.6 Å². The standard InChI is InChI=1S/C25H21N9O3/c1-34-32-23(31-33-34)16-4-6-18-15(9-16)5-7-19(18)30-25(36)21-10-20(27-13-28-21)24(35)26-11-14-2-3-17-12-29-37-22(17)8-14/h2-4,6,8-10,12-13,19H,5,7,11H2,1H3,(H,26,35)(H,30,36)/t19-/m0/s1. The minimum Gasteiger partial charge on any atom is -0.356 e. The van der Waals surface area contributed by atoms with Crippen LogP contribution in [-0.2, 0) is 20.0 Å². The van der Waals surface area contributed by atoms with Crippen molar-refractivity contribution >= 4 is 22.8 Å². The Morgan fingerprint density at radius 1 is 1.08 bits per heavy atom. The van der Waals surface area contributed by atoms with Crippen molar-refractivity contribution in [1.82, 2.24) is 46.0 Å². The molecule has 1 aliphatic carbocycles. The molecule has 5 aromatic rings. The number of benzene rings is 2. The highest BCUT2D eigenvalue weighted by Crippen LogP contribution is 2.33. The molecule has 2 N–H and O–H groups in total. The third-order valence-electron chi connectivity index (χ3n) is 6.30. The zero-order valence-electron chi connectivity index (χ0n) is 19.8. The van der Waals surface area contributed by atoms with Crippen molar-refractivity contribution in [3.63, 3.8) is 0 Å². The summed E-state index contributed by atoms with van der Waals surface area (Å²) in [5.41, 5.74) is 4.76. The Kier molecular flexibility index (Phi) is 5.60.